The number of ketones is 1. The Balaban J connectivity index is 6.01. The van der Waals surface area contributed by atoms with Crippen LogP contribution in [0.1, 0.15) is 61.8 Å². The zero-order chi connectivity index (χ0) is 16.8. The van der Waals surface area contributed by atoms with Crippen molar-refractivity contribution in [2.24, 2.45) is 0 Å². The highest BCUT2D eigenvalue weighted by Crippen LogP contribution is 2.46. The molecule has 21 heavy (non-hydrogen) atoms. The first kappa shape index (κ1) is 20.5. The number of carbonyl (C=O) groups excluding carboxylic acids is 1. The number of hydrogen-bond donors (Lipinski definition) is 0. The van der Waals surface area contributed by atoms with Crippen molar-refractivity contribution in [3.63, 3.8) is 0 Å². The van der Waals surface area contributed by atoms with Crippen molar-refractivity contribution in [1.82, 2.24) is 0 Å². The summed E-state index contributed by atoms with van der Waals surface area (Å²) in [5.41, 5.74) is 0. The van der Waals surface area contributed by atoms with E-state index in [0.717, 1.165) is 0 Å². The van der Waals surface area contributed by atoms with E-state index in [1.807, 2.05) is 55.4 Å². The van der Waals surface area contributed by atoms with Gasteiger partial charge in [0.2, 0.25) is 0 Å². The molecule has 0 rings (SSSR count). The van der Waals surface area contributed by atoms with Gasteiger partial charge in [-0.3, -0.25) is 4.79 Å². The van der Waals surface area contributed by atoms with Gasteiger partial charge >= 0.3 is 8.80 Å². The van der Waals surface area contributed by atoms with Crippen LogP contribution in [0.4, 0.5) is 0 Å². The van der Waals surface area contributed by atoms with Crippen molar-refractivity contribution in [1.29, 1.82) is 0 Å². The van der Waals surface area contributed by atoms with Crippen LogP contribution in [-0.2, 0) is 18.1 Å². The summed E-state index contributed by atoms with van der Waals surface area (Å²) in [7, 11) is -3.24. The Morgan fingerprint density at radius 1 is 1.05 bits per heavy atom. The van der Waals surface area contributed by atoms with E-state index in [2.05, 4.69) is 6.58 Å². The zero-order valence-corrected chi connectivity index (χ0v) is 15.9. The Bertz CT molecular complexity index is 326. The predicted octanol–water partition coefficient (Wildman–Crippen LogP) is 4.13. The van der Waals surface area contributed by atoms with Crippen LogP contribution in [0, 0.1) is 0 Å². The van der Waals surface area contributed by atoms with Crippen LogP contribution in [0.15, 0.2) is 12.7 Å². The first-order chi connectivity index (χ1) is 9.54. The van der Waals surface area contributed by atoms with Crippen LogP contribution in [0.25, 0.3) is 0 Å². The molecule has 0 aromatic heterocycles. The van der Waals surface area contributed by atoms with Gasteiger partial charge in [-0.25, -0.2) is 0 Å². The fourth-order valence-corrected chi connectivity index (χ4v) is 5.82. The molecule has 0 N–H and O–H groups in total. The van der Waals surface area contributed by atoms with E-state index >= 15 is 0 Å². The molecular weight excluding hydrogens is 284 g/mol. The first-order valence-electron chi connectivity index (χ1n) is 7.75. The normalized spacial score (nSPS) is 15.6. The van der Waals surface area contributed by atoms with E-state index in [4.69, 9.17) is 13.3 Å². The summed E-state index contributed by atoms with van der Waals surface area (Å²) in [6.07, 6.45) is 1.67. The average molecular weight is 317 g/mol. The Labute approximate surface area is 131 Å². The van der Waals surface area contributed by atoms with E-state index in [1.165, 1.54) is 6.08 Å². The van der Waals surface area contributed by atoms with Crippen LogP contribution >= 0.6 is 0 Å². The molecule has 0 saturated heterocycles. The van der Waals surface area contributed by atoms with E-state index in [0.29, 0.717) is 6.42 Å². The van der Waals surface area contributed by atoms with Gasteiger partial charge in [0, 0.05) is 18.3 Å². The Kier molecular flexibility index (Phi) is 8.03. The van der Waals surface area contributed by atoms with Gasteiger partial charge in [-0.1, -0.05) is 13.5 Å². The van der Waals surface area contributed by atoms with Crippen LogP contribution in [0.2, 0.25) is 5.04 Å². The average Bonchev–Trinajstić information content (AvgIpc) is 2.33. The lowest BCUT2D eigenvalue weighted by Gasteiger charge is -2.44. The van der Waals surface area contributed by atoms with Crippen molar-refractivity contribution >= 4 is 14.6 Å². The molecule has 0 amide bonds. The number of allylic oxidation sites excluding steroid dienone is 1. The first-order valence-corrected chi connectivity index (χ1v) is 9.47. The molecule has 0 aromatic rings. The molecule has 4 nitrogen and oxygen atoms in total. The highest BCUT2D eigenvalue weighted by Gasteiger charge is 2.62. The van der Waals surface area contributed by atoms with Gasteiger partial charge < -0.3 is 13.3 Å². The summed E-state index contributed by atoms with van der Waals surface area (Å²) >= 11 is 0. The van der Waals surface area contributed by atoms with Crippen molar-refractivity contribution in [3.8, 4) is 0 Å². The molecule has 0 aromatic carbocycles. The Hall–Kier alpha value is -0.493. The molecule has 0 aliphatic rings. The lowest BCUT2D eigenvalue weighted by atomic mass is 10.0. The van der Waals surface area contributed by atoms with E-state index in [1.54, 1.807) is 0 Å². The number of hydrogen-bond acceptors (Lipinski definition) is 4. The molecule has 0 bridgehead atoms. The third kappa shape index (κ3) is 5.02. The highest BCUT2D eigenvalue weighted by atomic mass is 28.4. The number of rotatable bonds is 10. The number of carbonyl (C=O) groups is 1. The third-order valence-electron chi connectivity index (χ3n) is 3.28. The van der Waals surface area contributed by atoms with Gasteiger partial charge in [0.15, 0.2) is 5.78 Å². The minimum Gasteiger partial charge on any atom is -0.370 e. The van der Waals surface area contributed by atoms with Crippen molar-refractivity contribution in [2.45, 2.75) is 85.2 Å². The van der Waals surface area contributed by atoms with Gasteiger partial charge in [-0.2, -0.15) is 0 Å². The van der Waals surface area contributed by atoms with Crippen LogP contribution in [0.5, 0.6) is 0 Å². The largest absolute Gasteiger partial charge is 0.515 e. The molecule has 1 atom stereocenters. The fourth-order valence-electron chi connectivity index (χ4n) is 2.17. The minimum absolute atomic E-state index is 0.0846. The quantitative estimate of drug-likeness (QED) is 0.449. The van der Waals surface area contributed by atoms with Crippen LogP contribution in [-0.4, -0.2) is 32.9 Å². The molecule has 124 valence electrons. The van der Waals surface area contributed by atoms with Gasteiger partial charge in [0.05, 0.1) is 5.04 Å². The van der Waals surface area contributed by atoms with Gasteiger partial charge in [0.25, 0.3) is 0 Å². The topological polar surface area (TPSA) is 44.8 Å². The molecule has 0 aliphatic heterocycles. The van der Waals surface area contributed by atoms with Crippen LogP contribution < -0.4 is 0 Å². The van der Waals surface area contributed by atoms with Gasteiger partial charge in [-0.05, 0) is 61.0 Å². The summed E-state index contributed by atoms with van der Waals surface area (Å²) in [6.45, 7) is 19.1. The molecule has 1 unspecified atom stereocenters. The zero-order valence-electron chi connectivity index (χ0n) is 14.9. The summed E-state index contributed by atoms with van der Waals surface area (Å²) in [4.78, 5) is 12.5. The van der Waals surface area contributed by atoms with Gasteiger partial charge in [-0.15, -0.1) is 0 Å². The molecule has 0 fully saturated rings. The smallest absolute Gasteiger partial charge is 0.370 e. The summed E-state index contributed by atoms with van der Waals surface area (Å²) in [5.74, 6) is -0.0846. The summed E-state index contributed by atoms with van der Waals surface area (Å²) < 4.78 is 18.5. The molecule has 0 radical (unpaired) electrons. The van der Waals surface area contributed by atoms with Crippen molar-refractivity contribution < 1.29 is 18.1 Å². The Morgan fingerprint density at radius 3 is 1.57 bits per heavy atom. The predicted molar refractivity (Wildman–Crippen MR) is 88.3 cm³/mol. The maximum Gasteiger partial charge on any atom is 0.515 e. The maximum absolute atomic E-state index is 12.5. The second-order valence-electron chi connectivity index (χ2n) is 6.31. The van der Waals surface area contributed by atoms with Crippen LogP contribution in [0.3, 0.4) is 0 Å². The molecule has 0 heterocycles. The van der Waals surface area contributed by atoms with E-state index in [9.17, 15) is 4.79 Å². The fraction of sp³-hybridized carbons (Fsp3) is 0.812. The van der Waals surface area contributed by atoms with Gasteiger partial charge in [0.1, 0.15) is 0 Å². The second kappa shape index (κ2) is 8.22. The van der Waals surface area contributed by atoms with E-state index in [-0.39, 0.29) is 24.1 Å². The monoisotopic (exact) mass is 316 g/mol. The lowest BCUT2D eigenvalue weighted by Crippen LogP contribution is -2.61. The second-order valence-corrected chi connectivity index (χ2v) is 9.23. The molecule has 5 heteroatoms. The van der Waals surface area contributed by atoms with Crippen molar-refractivity contribution in [2.75, 3.05) is 0 Å². The lowest BCUT2D eigenvalue weighted by molar-refractivity contribution is -0.120. The molecule has 0 spiro atoms. The van der Waals surface area contributed by atoms with E-state index < -0.39 is 13.8 Å². The summed E-state index contributed by atoms with van der Waals surface area (Å²) in [5, 5.41) is -0.826. The minimum atomic E-state index is -3.24. The molecule has 0 saturated carbocycles. The highest BCUT2D eigenvalue weighted by molar-refractivity contribution is 6.69. The SMILES string of the molecule is C=CC(=O)C(C)(CC)[Si](OC(C)C)(OC(C)C)OC(C)C. The Morgan fingerprint density at radius 2 is 1.38 bits per heavy atom. The standard InChI is InChI=1S/C16H32O4Si/c1-10-15(17)16(9,11-2)21(18-12(3)4,19-13(5)6)20-14(7)8/h10,12-14H,1,11H2,2-9H3. The molecule has 0 aliphatic carbocycles. The third-order valence-corrected chi connectivity index (χ3v) is 7.58. The summed E-state index contributed by atoms with van der Waals surface area (Å²) in [6, 6.07) is 0. The maximum atomic E-state index is 12.5. The van der Waals surface area contributed by atoms with Crippen molar-refractivity contribution in [3.05, 3.63) is 12.7 Å². The molecular formula is C16H32O4Si.